The first-order valence-electron chi connectivity index (χ1n) is 6.80. The van der Waals surface area contributed by atoms with E-state index in [2.05, 4.69) is 25.3 Å². The summed E-state index contributed by atoms with van der Waals surface area (Å²) in [6, 6.07) is 3.98. The van der Waals surface area contributed by atoms with Crippen LogP contribution in [-0.2, 0) is 10.4 Å². The van der Waals surface area contributed by atoms with Gasteiger partial charge in [0.05, 0.1) is 24.5 Å². The summed E-state index contributed by atoms with van der Waals surface area (Å²) in [5.74, 6) is 0.401. The molecule has 108 valence electrons. The molecule has 0 spiro atoms. The standard InChI is InChI=1S/C14H14FN5O/c15-12-5-17-13(18-6-12)20-7-11-8-21-19-14(11,9-20)10-1-3-16-4-2-10/h1-6,11,19H,7-9H2. The van der Waals surface area contributed by atoms with Crippen molar-refractivity contribution in [2.24, 2.45) is 5.92 Å². The van der Waals surface area contributed by atoms with Crippen molar-refractivity contribution in [3.8, 4) is 0 Å². The number of rotatable bonds is 2. The molecule has 2 aliphatic heterocycles. The molecule has 7 heteroatoms. The van der Waals surface area contributed by atoms with E-state index in [-0.39, 0.29) is 11.5 Å². The van der Waals surface area contributed by atoms with Crippen molar-refractivity contribution in [1.82, 2.24) is 20.4 Å². The monoisotopic (exact) mass is 287 g/mol. The van der Waals surface area contributed by atoms with Crippen LogP contribution in [0.15, 0.2) is 36.9 Å². The summed E-state index contributed by atoms with van der Waals surface area (Å²) in [6.45, 7) is 2.06. The van der Waals surface area contributed by atoms with E-state index in [1.807, 2.05) is 12.1 Å². The third-order valence-electron chi connectivity index (χ3n) is 4.20. The molecule has 2 aromatic heterocycles. The molecule has 2 saturated heterocycles. The van der Waals surface area contributed by atoms with Crippen LogP contribution >= 0.6 is 0 Å². The summed E-state index contributed by atoms with van der Waals surface area (Å²) in [5.41, 5.74) is 4.00. The highest BCUT2D eigenvalue weighted by molar-refractivity contribution is 5.39. The SMILES string of the molecule is Fc1cnc(N2CC3CONC3(c3ccncc3)C2)nc1. The lowest BCUT2D eigenvalue weighted by atomic mass is 9.83. The maximum absolute atomic E-state index is 13.0. The number of fused-ring (bicyclic) bond motifs is 1. The first-order valence-corrected chi connectivity index (χ1v) is 6.80. The van der Waals surface area contributed by atoms with E-state index >= 15 is 0 Å². The van der Waals surface area contributed by atoms with Crippen molar-refractivity contribution in [2.75, 3.05) is 24.6 Å². The molecule has 21 heavy (non-hydrogen) atoms. The molecule has 0 amide bonds. The van der Waals surface area contributed by atoms with Gasteiger partial charge in [-0.3, -0.25) is 4.98 Å². The molecule has 2 fully saturated rings. The van der Waals surface area contributed by atoms with Gasteiger partial charge in [-0.25, -0.2) is 14.4 Å². The zero-order valence-electron chi connectivity index (χ0n) is 11.2. The Kier molecular flexibility index (Phi) is 2.83. The number of nitrogens with zero attached hydrogens (tertiary/aromatic N) is 4. The number of aromatic nitrogens is 3. The maximum Gasteiger partial charge on any atom is 0.225 e. The Hall–Kier alpha value is -2.12. The number of hydroxylamine groups is 1. The minimum atomic E-state index is -0.427. The summed E-state index contributed by atoms with van der Waals surface area (Å²) < 4.78 is 13.0. The van der Waals surface area contributed by atoms with Crippen LogP contribution in [0, 0.1) is 11.7 Å². The van der Waals surface area contributed by atoms with Crippen LogP contribution in [-0.4, -0.2) is 34.6 Å². The van der Waals surface area contributed by atoms with E-state index in [0.29, 0.717) is 19.1 Å². The second kappa shape index (κ2) is 4.71. The number of hydrogen-bond donors (Lipinski definition) is 1. The Morgan fingerprint density at radius 2 is 2.05 bits per heavy atom. The van der Waals surface area contributed by atoms with Crippen LogP contribution in [0.3, 0.4) is 0 Å². The second-order valence-electron chi connectivity index (χ2n) is 5.40. The lowest BCUT2D eigenvalue weighted by molar-refractivity contribution is 0.0616. The molecule has 1 N–H and O–H groups in total. The van der Waals surface area contributed by atoms with E-state index in [9.17, 15) is 4.39 Å². The topological polar surface area (TPSA) is 63.2 Å². The highest BCUT2D eigenvalue weighted by Gasteiger charge is 2.52. The van der Waals surface area contributed by atoms with Gasteiger partial charge in [-0.1, -0.05) is 0 Å². The van der Waals surface area contributed by atoms with Crippen LogP contribution < -0.4 is 10.4 Å². The van der Waals surface area contributed by atoms with E-state index < -0.39 is 5.82 Å². The summed E-state index contributed by atoms with van der Waals surface area (Å²) in [4.78, 5) is 19.7. The Morgan fingerprint density at radius 3 is 2.81 bits per heavy atom. The highest BCUT2D eigenvalue weighted by Crippen LogP contribution is 2.41. The van der Waals surface area contributed by atoms with Gasteiger partial charge < -0.3 is 9.74 Å². The van der Waals surface area contributed by atoms with Crippen molar-refractivity contribution in [3.63, 3.8) is 0 Å². The van der Waals surface area contributed by atoms with Gasteiger partial charge in [0.15, 0.2) is 5.82 Å². The van der Waals surface area contributed by atoms with Crippen LogP contribution in [0.25, 0.3) is 0 Å². The van der Waals surface area contributed by atoms with E-state index in [1.165, 1.54) is 12.4 Å². The average molecular weight is 287 g/mol. The quantitative estimate of drug-likeness (QED) is 0.884. The fourth-order valence-electron chi connectivity index (χ4n) is 3.15. The molecular formula is C14H14FN5O. The largest absolute Gasteiger partial charge is 0.338 e. The Labute approximate surface area is 121 Å². The molecule has 2 aliphatic rings. The zero-order valence-corrected chi connectivity index (χ0v) is 11.2. The molecule has 0 saturated carbocycles. The molecule has 2 atom stereocenters. The van der Waals surface area contributed by atoms with Crippen molar-refractivity contribution in [3.05, 3.63) is 48.3 Å². The predicted octanol–water partition coefficient (Wildman–Crippen LogP) is 0.877. The fourth-order valence-corrected chi connectivity index (χ4v) is 3.15. The molecule has 4 rings (SSSR count). The molecule has 6 nitrogen and oxygen atoms in total. The average Bonchev–Trinajstić information content (AvgIpc) is 3.07. The minimum Gasteiger partial charge on any atom is -0.338 e. The summed E-state index contributed by atoms with van der Waals surface area (Å²) in [7, 11) is 0. The van der Waals surface area contributed by atoms with Crippen LogP contribution in [0.5, 0.6) is 0 Å². The van der Waals surface area contributed by atoms with Crippen molar-refractivity contribution >= 4 is 5.95 Å². The van der Waals surface area contributed by atoms with E-state index in [1.54, 1.807) is 12.4 Å². The molecule has 0 aliphatic carbocycles. The summed E-state index contributed by atoms with van der Waals surface area (Å²) in [6.07, 6.45) is 5.94. The number of nitrogens with one attached hydrogen (secondary N) is 1. The minimum absolute atomic E-state index is 0.286. The Balaban J connectivity index is 1.67. The molecule has 0 aromatic carbocycles. The fraction of sp³-hybridized carbons (Fsp3) is 0.357. The van der Waals surface area contributed by atoms with Gasteiger partial charge in [0.2, 0.25) is 5.95 Å². The number of halogens is 1. The highest BCUT2D eigenvalue weighted by atomic mass is 19.1. The molecule has 0 bridgehead atoms. The lowest BCUT2D eigenvalue weighted by Crippen LogP contribution is -2.43. The first-order chi connectivity index (χ1) is 10.3. The number of hydrogen-bond acceptors (Lipinski definition) is 6. The summed E-state index contributed by atoms with van der Waals surface area (Å²) >= 11 is 0. The normalized spacial score (nSPS) is 27.9. The van der Waals surface area contributed by atoms with Crippen molar-refractivity contribution < 1.29 is 9.23 Å². The van der Waals surface area contributed by atoms with Gasteiger partial charge in [0.25, 0.3) is 0 Å². The number of anilines is 1. The molecule has 0 radical (unpaired) electrons. The van der Waals surface area contributed by atoms with Gasteiger partial charge >= 0.3 is 0 Å². The maximum atomic E-state index is 13.0. The Morgan fingerprint density at radius 1 is 1.29 bits per heavy atom. The molecule has 2 aromatic rings. The van der Waals surface area contributed by atoms with Crippen LogP contribution in [0.1, 0.15) is 5.56 Å². The van der Waals surface area contributed by atoms with Crippen molar-refractivity contribution in [1.29, 1.82) is 0 Å². The third kappa shape index (κ3) is 1.97. The second-order valence-corrected chi connectivity index (χ2v) is 5.40. The van der Waals surface area contributed by atoms with Gasteiger partial charge in [-0.15, -0.1) is 0 Å². The lowest BCUT2D eigenvalue weighted by Gasteiger charge is -2.27. The van der Waals surface area contributed by atoms with Crippen LogP contribution in [0.2, 0.25) is 0 Å². The van der Waals surface area contributed by atoms with Gasteiger partial charge in [-0.2, -0.15) is 5.48 Å². The van der Waals surface area contributed by atoms with Crippen molar-refractivity contribution in [2.45, 2.75) is 5.54 Å². The molecular weight excluding hydrogens is 273 g/mol. The predicted molar refractivity (Wildman–Crippen MR) is 72.7 cm³/mol. The molecule has 2 unspecified atom stereocenters. The van der Waals surface area contributed by atoms with Gasteiger partial charge in [0.1, 0.15) is 0 Å². The molecule has 4 heterocycles. The third-order valence-corrected chi connectivity index (χ3v) is 4.20. The van der Waals surface area contributed by atoms with E-state index in [0.717, 1.165) is 12.1 Å². The smallest absolute Gasteiger partial charge is 0.225 e. The Bertz CT molecular complexity index is 638. The van der Waals surface area contributed by atoms with Gasteiger partial charge in [0, 0.05) is 31.4 Å². The summed E-state index contributed by atoms with van der Waals surface area (Å²) in [5, 5.41) is 0. The van der Waals surface area contributed by atoms with Crippen LogP contribution in [0.4, 0.5) is 10.3 Å². The van der Waals surface area contributed by atoms with Gasteiger partial charge in [-0.05, 0) is 17.7 Å². The zero-order chi connectivity index (χ0) is 14.3. The van der Waals surface area contributed by atoms with E-state index in [4.69, 9.17) is 4.84 Å². The number of pyridine rings is 1. The first kappa shape index (κ1) is 12.6.